The Hall–Kier alpha value is -1.12. The summed E-state index contributed by atoms with van der Waals surface area (Å²) in [6.45, 7) is 5.92. The first-order chi connectivity index (χ1) is 8.63. The van der Waals surface area contributed by atoms with E-state index in [1.807, 2.05) is 0 Å². The van der Waals surface area contributed by atoms with Gasteiger partial charge in [-0.3, -0.25) is 4.79 Å². The summed E-state index contributed by atoms with van der Waals surface area (Å²) in [5.74, 6) is 0.786. The minimum atomic E-state index is -0.396. The van der Waals surface area contributed by atoms with E-state index in [-0.39, 0.29) is 11.7 Å². The summed E-state index contributed by atoms with van der Waals surface area (Å²) in [6.07, 6.45) is 6.12. The van der Waals surface area contributed by atoms with Crippen molar-refractivity contribution in [1.29, 1.82) is 0 Å². The van der Waals surface area contributed by atoms with E-state index in [0.29, 0.717) is 30.4 Å². The topological polar surface area (TPSA) is 43.4 Å². The fraction of sp³-hybridized carbons (Fsp3) is 0.733. The van der Waals surface area contributed by atoms with Gasteiger partial charge < -0.3 is 4.74 Å². The molecule has 0 N–H and O–H groups in total. The average Bonchev–Trinajstić information content (AvgIpc) is 2.74. The quantitative estimate of drug-likeness (QED) is 0.571. The van der Waals surface area contributed by atoms with Gasteiger partial charge in [0.1, 0.15) is 5.78 Å². The summed E-state index contributed by atoms with van der Waals surface area (Å²) in [5.41, 5.74) is 0.370. The molecule has 0 aromatic heterocycles. The fourth-order valence-corrected chi connectivity index (χ4v) is 3.44. The lowest BCUT2D eigenvalue weighted by molar-refractivity contribution is -0.140. The molecule has 0 amide bonds. The number of carbonyl (C=O) groups excluding carboxylic acids is 2. The number of hydrogen-bond donors (Lipinski definition) is 0. The predicted molar refractivity (Wildman–Crippen MR) is 69.0 cm³/mol. The molecule has 0 radical (unpaired) electrons. The van der Waals surface area contributed by atoms with Gasteiger partial charge in [0.15, 0.2) is 0 Å². The second-order valence-corrected chi connectivity index (χ2v) is 5.49. The number of Topliss-reactive ketones (excluding diaryl/α,β-unsaturated/α-hetero) is 1. The van der Waals surface area contributed by atoms with Gasteiger partial charge in [-0.25, -0.2) is 4.79 Å². The molecule has 2 fully saturated rings. The summed E-state index contributed by atoms with van der Waals surface area (Å²) in [4.78, 5) is 23.8. The first-order valence-corrected chi connectivity index (χ1v) is 7.02. The third-order valence-corrected chi connectivity index (χ3v) is 4.46. The Kier molecular flexibility index (Phi) is 4.20. The standard InChI is InChI=1S/C15H22O3/c1-3-18-15(17)10(2)13-9-12-6-4-5-11(12)7-8-14(13)16/h11-13H,2-9H2,1H3/t11-,12-,13-/m0/s1. The van der Waals surface area contributed by atoms with Crippen molar-refractivity contribution in [3.63, 3.8) is 0 Å². The zero-order chi connectivity index (χ0) is 13.1. The summed E-state index contributed by atoms with van der Waals surface area (Å²) in [7, 11) is 0. The first kappa shape index (κ1) is 13.3. The van der Waals surface area contributed by atoms with E-state index < -0.39 is 5.97 Å². The normalized spacial score (nSPS) is 31.6. The molecule has 0 heterocycles. The van der Waals surface area contributed by atoms with E-state index in [1.165, 1.54) is 19.3 Å². The average molecular weight is 250 g/mol. The third kappa shape index (κ3) is 2.65. The number of hydrogen-bond acceptors (Lipinski definition) is 3. The maximum atomic E-state index is 12.1. The van der Waals surface area contributed by atoms with Crippen molar-refractivity contribution in [2.75, 3.05) is 6.61 Å². The highest BCUT2D eigenvalue weighted by Gasteiger charge is 2.37. The molecule has 2 saturated carbocycles. The van der Waals surface area contributed by atoms with Crippen LogP contribution in [0.4, 0.5) is 0 Å². The van der Waals surface area contributed by atoms with Crippen LogP contribution >= 0.6 is 0 Å². The minimum absolute atomic E-state index is 0.183. The number of carbonyl (C=O) groups is 2. The van der Waals surface area contributed by atoms with Gasteiger partial charge in [-0.15, -0.1) is 0 Å². The lowest BCUT2D eigenvalue weighted by atomic mass is 9.85. The van der Waals surface area contributed by atoms with Gasteiger partial charge in [-0.05, 0) is 31.6 Å². The molecular weight excluding hydrogens is 228 g/mol. The van der Waals surface area contributed by atoms with Crippen LogP contribution in [0.3, 0.4) is 0 Å². The van der Waals surface area contributed by atoms with E-state index >= 15 is 0 Å². The molecule has 2 rings (SSSR count). The van der Waals surface area contributed by atoms with Gasteiger partial charge in [0.2, 0.25) is 0 Å². The van der Waals surface area contributed by atoms with Crippen LogP contribution in [-0.4, -0.2) is 18.4 Å². The molecule has 3 atom stereocenters. The monoisotopic (exact) mass is 250 g/mol. The van der Waals surface area contributed by atoms with Gasteiger partial charge in [0.05, 0.1) is 6.61 Å². The third-order valence-electron chi connectivity index (χ3n) is 4.46. The summed E-state index contributed by atoms with van der Waals surface area (Å²) >= 11 is 0. The van der Waals surface area contributed by atoms with Crippen LogP contribution in [-0.2, 0) is 14.3 Å². The maximum Gasteiger partial charge on any atom is 0.334 e. The number of ketones is 1. The maximum absolute atomic E-state index is 12.1. The Morgan fingerprint density at radius 3 is 2.78 bits per heavy atom. The molecule has 100 valence electrons. The fourth-order valence-electron chi connectivity index (χ4n) is 3.44. The summed E-state index contributed by atoms with van der Waals surface area (Å²) in [6, 6.07) is 0. The SMILES string of the molecule is C=C(C(=O)OCC)[C@@H]1C[C@@H]2CCC[C@H]2CCC1=O. The number of ether oxygens (including phenoxy) is 1. The Morgan fingerprint density at radius 1 is 1.33 bits per heavy atom. The zero-order valence-corrected chi connectivity index (χ0v) is 11.1. The van der Waals surface area contributed by atoms with Crippen molar-refractivity contribution < 1.29 is 14.3 Å². The number of fused-ring (bicyclic) bond motifs is 1. The molecule has 2 aliphatic rings. The van der Waals surface area contributed by atoms with E-state index in [1.54, 1.807) is 6.92 Å². The molecule has 0 aromatic rings. The predicted octanol–water partition coefficient (Wildman–Crippen LogP) is 2.89. The van der Waals surface area contributed by atoms with E-state index in [4.69, 9.17) is 4.74 Å². The minimum Gasteiger partial charge on any atom is -0.463 e. The van der Waals surface area contributed by atoms with E-state index in [9.17, 15) is 9.59 Å². The summed E-state index contributed by atoms with van der Waals surface area (Å²) < 4.78 is 4.97. The zero-order valence-electron chi connectivity index (χ0n) is 11.1. The lowest BCUT2D eigenvalue weighted by Crippen LogP contribution is -2.23. The van der Waals surface area contributed by atoms with Crippen molar-refractivity contribution in [3.8, 4) is 0 Å². The van der Waals surface area contributed by atoms with Crippen LogP contribution in [0.5, 0.6) is 0 Å². The van der Waals surface area contributed by atoms with Gasteiger partial charge in [0, 0.05) is 17.9 Å². The molecule has 2 aliphatic carbocycles. The van der Waals surface area contributed by atoms with Crippen LogP contribution < -0.4 is 0 Å². The van der Waals surface area contributed by atoms with Crippen molar-refractivity contribution in [3.05, 3.63) is 12.2 Å². The largest absolute Gasteiger partial charge is 0.463 e. The number of esters is 1. The van der Waals surface area contributed by atoms with Crippen molar-refractivity contribution >= 4 is 11.8 Å². The molecule has 0 aliphatic heterocycles. The highest BCUT2D eigenvalue weighted by atomic mass is 16.5. The Labute approximate surface area is 109 Å². The van der Waals surface area contributed by atoms with Crippen LogP contribution in [0.2, 0.25) is 0 Å². The van der Waals surface area contributed by atoms with Gasteiger partial charge in [-0.2, -0.15) is 0 Å². The van der Waals surface area contributed by atoms with Crippen LogP contribution in [0.15, 0.2) is 12.2 Å². The van der Waals surface area contributed by atoms with Gasteiger partial charge in [0.25, 0.3) is 0 Å². The molecule has 0 spiro atoms. The Balaban J connectivity index is 2.07. The van der Waals surface area contributed by atoms with E-state index in [2.05, 4.69) is 6.58 Å². The van der Waals surface area contributed by atoms with Crippen molar-refractivity contribution in [1.82, 2.24) is 0 Å². The number of rotatable bonds is 3. The van der Waals surface area contributed by atoms with Crippen molar-refractivity contribution in [2.24, 2.45) is 17.8 Å². The van der Waals surface area contributed by atoms with Gasteiger partial charge >= 0.3 is 5.97 Å². The van der Waals surface area contributed by atoms with Crippen LogP contribution in [0, 0.1) is 17.8 Å². The molecule has 0 unspecified atom stereocenters. The molecule has 18 heavy (non-hydrogen) atoms. The second kappa shape index (κ2) is 5.68. The molecule has 3 nitrogen and oxygen atoms in total. The molecule has 0 saturated heterocycles. The highest BCUT2D eigenvalue weighted by molar-refractivity contribution is 5.97. The Morgan fingerprint density at radius 2 is 2.06 bits per heavy atom. The van der Waals surface area contributed by atoms with E-state index in [0.717, 1.165) is 12.8 Å². The molecule has 0 bridgehead atoms. The van der Waals surface area contributed by atoms with Crippen LogP contribution in [0.1, 0.15) is 45.4 Å². The highest BCUT2D eigenvalue weighted by Crippen LogP contribution is 2.43. The summed E-state index contributed by atoms with van der Waals surface area (Å²) in [5, 5.41) is 0. The smallest absolute Gasteiger partial charge is 0.334 e. The second-order valence-electron chi connectivity index (χ2n) is 5.49. The van der Waals surface area contributed by atoms with Gasteiger partial charge in [-0.1, -0.05) is 25.8 Å². The first-order valence-electron chi connectivity index (χ1n) is 7.02. The Bertz CT molecular complexity index is 359. The lowest BCUT2D eigenvalue weighted by Gasteiger charge is -2.20. The molecular formula is C15H22O3. The molecule has 3 heteroatoms. The molecule has 0 aromatic carbocycles. The van der Waals surface area contributed by atoms with Crippen LogP contribution in [0.25, 0.3) is 0 Å². The van der Waals surface area contributed by atoms with Crippen molar-refractivity contribution in [2.45, 2.75) is 45.4 Å².